The molecule has 0 bridgehead atoms. The van der Waals surface area contributed by atoms with E-state index in [2.05, 4.69) is 14.4 Å². The fraction of sp³-hybridized carbons (Fsp3) is 0.333. The highest BCUT2D eigenvalue weighted by molar-refractivity contribution is 7.94. The van der Waals surface area contributed by atoms with Gasteiger partial charge in [0.25, 0.3) is 0 Å². The Morgan fingerprint density at radius 3 is 2.76 bits per heavy atom. The molecule has 1 aromatic heterocycles. The molecule has 94 valence electrons. The summed E-state index contributed by atoms with van der Waals surface area (Å²) in [5.74, 6) is -0.842. The molecule has 0 saturated heterocycles. The standard InChI is InChI=1S/C9H13N3O4S/c1-6(9(13)16-2)17(14,15)12-8-3-4-11-5-7(8)10/h3-6H,10H2,1-2H3,(H,11,12). The molecule has 17 heavy (non-hydrogen) atoms. The molecule has 0 radical (unpaired) electrons. The van der Waals surface area contributed by atoms with E-state index in [0.717, 1.165) is 7.11 Å². The number of nitrogens with zero attached hydrogens (tertiary/aromatic N) is 1. The summed E-state index contributed by atoms with van der Waals surface area (Å²) < 4.78 is 30.1. The van der Waals surface area contributed by atoms with Gasteiger partial charge in [-0.05, 0) is 13.0 Å². The van der Waals surface area contributed by atoms with E-state index in [1.54, 1.807) is 0 Å². The quantitative estimate of drug-likeness (QED) is 0.734. The van der Waals surface area contributed by atoms with Crippen LogP contribution in [0, 0.1) is 0 Å². The van der Waals surface area contributed by atoms with Crippen LogP contribution in [-0.4, -0.2) is 31.7 Å². The number of ether oxygens (including phenoxy) is 1. The first-order valence-electron chi connectivity index (χ1n) is 4.67. The third-order valence-corrected chi connectivity index (χ3v) is 3.73. The van der Waals surface area contributed by atoms with Crippen molar-refractivity contribution in [3.8, 4) is 0 Å². The minimum absolute atomic E-state index is 0.174. The van der Waals surface area contributed by atoms with Gasteiger partial charge in [-0.25, -0.2) is 8.42 Å². The van der Waals surface area contributed by atoms with Crippen LogP contribution in [0.1, 0.15) is 6.92 Å². The van der Waals surface area contributed by atoms with Crippen LogP contribution in [0.25, 0.3) is 0 Å². The van der Waals surface area contributed by atoms with Gasteiger partial charge >= 0.3 is 5.97 Å². The molecular formula is C9H13N3O4S. The van der Waals surface area contributed by atoms with E-state index in [1.807, 2.05) is 0 Å². The summed E-state index contributed by atoms with van der Waals surface area (Å²) in [5.41, 5.74) is 5.88. The fourth-order valence-corrected chi connectivity index (χ4v) is 2.05. The molecule has 0 aliphatic carbocycles. The van der Waals surface area contributed by atoms with Crippen LogP contribution < -0.4 is 10.5 Å². The zero-order valence-corrected chi connectivity index (χ0v) is 10.2. The van der Waals surface area contributed by atoms with Crippen LogP contribution in [0.2, 0.25) is 0 Å². The number of anilines is 2. The van der Waals surface area contributed by atoms with Crippen molar-refractivity contribution in [2.45, 2.75) is 12.2 Å². The summed E-state index contributed by atoms with van der Waals surface area (Å²) in [7, 11) is -2.76. The summed E-state index contributed by atoms with van der Waals surface area (Å²) in [6.45, 7) is 1.23. The number of nitrogens with two attached hydrogens (primary N) is 1. The van der Waals surface area contributed by atoms with Gasteiger partial charge in [-0.1, -0.05) is 0 Å². The van der Waals surface area contributed by atoms with Gasteiger partial charge in [0.05, 0.1) is 24.7 Å². The number of nitrogen functional groups attached to an aromatic ring is 1. The van der Waals surface area contributed by atoms with Gasteiger partial charge in [0, 0.05) is 6.20 Å². The molecule has 3 N–H and O–H groups in total. The van der Waals surface area contributed by atoms with E-state index < -0.39 is 21.2 Å². The lowest BCUT2D eigenvalue weighted by Crippen LogP contribution is -2.33. The third-order valence-electron chi connectivity index (χ3n) is 2.10. The number of nitrogens with one attached hydrogen (secondary N) is 1. The van der Waals surface area contributed by atoms with E-state index in [0.29, 0.717) is 0 Å². The summed E-state index contributed by atoms with van der Waals surface area (Å²) in [6.07, 6.45) is 2.69. The summed E-state index contributed by atoms with van der Waals surface area (Å²) in [6, 6.07) is 1.40. The number of aromatic nitrogens is 1. The predicted molar refractivity (Wildman–Crippen MR) is 62.7 cm³/mol. The minimum atomic E-state index is -3.88. The topological polar surface area (TPSA) is 111 Å². The van der Waals surface area contributed by atoms with Gasteiger partial charge in [0.1, 0.15) is 0 Å². The van der Waals surface area contributed by atoms with Gasteiger partial charge in [-0.2, -0.15) is 0 Å². The molecule has 8 heteroatoms. The molecule has 1 heterocycles. The van der Waals surface area contributed by atoms with Crippen molar-refractivity contribution >= 4 is 27.4 Å². The Balaban J connectivity index is 2.95. The summed E-state index contributed by atoms with van der Waals surface area (Å²) in [4.78, 5) is 14.9. The lowest BCUT2D eigenvalue weighted by Gasteiger charge is -2.13. The number of pyridine rings is 1. The fourth-order valence-electron chi connectivity index (χ4n) is 1.03. The van der Waals surface area contributed by atoms with E-state index in [9.17, 15) is 13.2 Å². The van der Waals surface area contributed by atoms with Gasteiger partial charge in [-0.15, -0.1) is 0 Å². The van der Waals surface area contributed by atoms with Gasteiger partial charge in [0.2, 0.25) is 10.0 Å². The maximum atomic E-state index is 11.8. The van der Waals surface area contributed by atoms with Crippen LogP contribution in [0.15, 0.2) is 18.5 Å². The molecule has 1 aromatic rings. The first-order chi connectivity index (χ1) is 7.88. The Hall–Kier alpha value is -1.83. The molecule has 0 amide bonds. The van der Waals surface area contributed by atoms with Crippen molar-refractivity contribution in [2.75, 3.05) is 17.6 Å². The lowest BCUT2D eigenvalue weighted by molar-refractivity contribution is -0.139. The van der Waals surface area contributed by atoms with Gasteiger partial charge < -0.3 is 10.5 Å². The first kappa shape index (κ1) is 13.2. The van der Waals surface area contributed by atoms with E-state index in [4.69, 9.17) is 5.73 Å². The van der Waals surface area contributed by atoms with Crippen LogP contribution in [0.3, 0.4) is 0 Å². The Morgan fingerprint density at radius 1 is 1.59 bits per heavy atom. The molecule has 1 atom stereocenters. The maximum absolute atomic E-state index is 11.8. The Morgan fingerprint density at radius 2 is 2.24 bits per heavy atom. The average Bonchev–Trinajstić information content (AvgIpc) is 2.30. The van der Waals surface area contributed by atoms with E-state index >= 15 is 0 Å². The lowest BCUT2D eigenvalue weighted by atomic mass is 10.4. The van der Waals surface area contributed by atoms with Gasteiger partial charge in [-0.3, -0.25) is 14.5 Å². The first-order valence-corrected chi connectivity index (χ1v) is 6.22. The van der Waals surface area contributed by atoms with Crippen molar-refractivity contribution in [2.24, 2.45) is 0 Å². The predicted octanol–water partition coefficient (Wildman–Crippen LogP) is -0.0330. The average molecular weight is 259 g/mol. The maximum Gasteiger partial charge on any atom is 0.325 e. The van der Waals surface area contributed by atoms with Crippen molar-refractivity contribution in [3.63, 3.8) is 0 Å². The number of rotatable bonds is 4. The van der Waals surface area contributed by atoms with Crippen molar-refractivity contribution in [1.82, 2.24) is 4.98 Å². The van der Waals surface area contributed by atoms with Crippen LogP contribution in [-0.2, 0) is 19.6 Å². The van der Waals surface area contributed by atoms with Crippen LogP contribution >= 0.6 is 0 Å². The Bertz CT molecular complexity index is 515. The molecule has 7 nitrogen and oxygen atoms in total. The second-order valence-corrected chi connectivity index (χ2v) is 5.28. The molecule has 1 rings (SSSR count). The molecule has 0 aromatic carbocycles. The van der Waals surface area contributed by atoms with Gasteiger partial charge in [0.15, 0.2) is 5.25 Å². The van der Waals surface area contributed by atoms with Crippen LogP contribution in [0.5, 0.6) is 0 Å². The zero-order chi connectivity index (χ0) is 13.1. The van der Waals surface area contributed by atoms with Crippen LogP contribution in [0.4, 0.5) is 11.4 Å². The van der Waals surface area contributed by atoms with Crippen molar-refractivity contribution < 1.29 is 17.9 Å². The number of esters is 1. The monoisotopic (exact) mass is 259 g/mol. The molecule has 1 unspecified atom stereocenters. The molecule has 0 aliphatic heterocycles. The van der Waals surface area contributed by atoms with Crippen molar-refractivity contribution in [1.29, 1.82) is 0 Å². The minimum Gasteiger partial charge on any atom is -0.468 e. The number of hydrogen-bond acceptors (Lipinski definition) is 6. The number of hydrogen-bond donors (Lipinski definition) is 2. The summed E-state index contributed by atoms with van der Waals surface area (Å²) >= 11 is 0. The zero-order valence-electron chi connectivity index (χ0n) is 9.38. The van der Waals surface area contributed by atoms with E-state index in [1.165, 1.54) is 25.4 Å². The molecule has 0 fully saturated rings. The Labute approximate surface area is 99.0 Å². The normalized spacial score (nSPS) is 12.8. The second-order valence-electron chi connectivity index (χ2n) is 3.28. The highest BCUT2D eigenvalue weighted by atomic mass is 32.2. The molecule has 0 saturated carbocycles. The molecule has 0 spiro atoms. The molecule has 0 aliphatic rings. The summed E-state index contributed by atoms with van der Waals surface area (Å²) in [5, 5.41) is -1.32. The van der Waals surface area contributed by atoms with E-state index in [-0.39, 0.29) is 11.4 Å². The number of sulfonamides is 1. The third kappa shape index (κ3) is 3.06. The smallest absolute Gasteiger partial charge is 0.325 e. The molecular weight excluding hydrogens is 246 g/mol. The SMILES string of the molecule is COC(=O)C(C)S(=O)(=O)Nc1ccncc1N. The second kappa shape index (κ2) is 5.00. The highest BCUT2D eigenvalue weighted by Crippen LogP contribution is 2.18. The highest BCUT2D eigenvalue weighted by Gasteiger charge is 2.29. The number of methoxy groups -OCH3 is 1. The Kier molecular flexibility index (Phi) is 3.89. The number of carbonyl (C=O) groups is 1. The van der Waals surface area contributed by atoms with Crippen molar-refractivity contribution in [3.05, 3.63) is 18.5 Å². The largest absolute Gasteiger partial charge is 0.468 e. The number of carbonyl (C=O) groups excluding carboxylic acids is 1.